The Bertz CT molecular complexity index is 821. The number of nitrogens with one attached hydrogen (secondary N) is 1. The Kier molecular flexibility index (Phi) is 2.82. The van der Waals surface area contributed by atoms with E-state index in [0.717, 1.165) is 27.5 Å². The Hall–Kier alpha value is -2.56. The number of ether oxygens (including phenoxy) is 1. The highest BCUT2D eigenvalue weighted by Crippen LogP contribution is 2.28. The molecule has 0 saturated heterocycles. The van der Waals surface area contributed by atoms with Gasteiger partial charge in [-0.2, -0.15) is 0 Å². The first-order valence-electron chi connectivity index (χ1n) is 6.46. The number of nitrogen functional groups attached to an aromatic ring is 1. The molecule has 3 rings (SSSR count). The molecule has 3 aromatic rings. The Balaban J connectivity index is 2.29. The van der Waals surface area contributed by atoms with Gasteiger partial charge in [-0.1, -0.05) is 6.07 Å². The molecular formula is C15H15N3O2. The molecule has 0 radical (unpaired) electrons. The number of fused-ring (bicyclic) bond motifs is 3. The summed E-state index contributed by atoms with van der Waals surface area (Å²) in [4.78, 5) is 19.4. The lowest BCUT2D eigenvalue weighted by Gasteiger charge is -2.03. The first-order valence-corrected chi connectivity index (χ1v) is 6.46. The van der Waals surface area contributed by atoms with Gasteiger partial charge in [-0.3, -0.25) is 0 Å². The number of aromatic amines is 1. The molecule has 0 amide bonds. The number of pyridine rings is 1. The van der Waals surface area contributed by atoms with Crippen LogP contribution in [-0.4, -0.2) is 22.5 Å². The van der Waals surface area contributed by atoms with Crippen molar-refractivity contribution in [3.63, 3.8) is 0 Å². The van der Waals surface area contributed by atoms with Crippen molar-refractivity contribution in [2.75, 3.05) is 12.3 Å². The lowest BCUT2D eigenvalue weighted by Crippen LogP contribution is -2.07. The third-order valence-corrected chi connectivity index (χ3v) is 3.28. The Labute approximate surface area is 115 Å². The summed E-state index contributed by atoms with van der Waals surface area (Å²) in [6, 6.07) is 7.42. The minimum atomic E-state index is -0.401. The maximum absolute atomic E-state index is 11.8. The maximum Gasteiger partial charge on any atom is 0.356 e. The molecule has 0 aliphatic heterocycles. The number of aromatic nitrogens is 2. The molecule has 20 heavy (non-hydrogen) atoms. The summed E-state index contributed by atoms with van der Waals surface area (Å²) in [5, 5.41) is 1.97. The van der Waals surface area contributed by atoms with Crippen molar-refractivity contribution in [1.29, 1.82) is 0 Å². The molecule has 5 nitrogen and oxygen atoms in total. The van der Waals surface area contributed by atoms with E-state index >= 15 is 0 Å². The van der Waals surface area contributed by atoms with Gasteiger partial charge in [-0.25, -0.2) is 9.78 Å². The number of hydrogen-bond donors (Lipinski definition) is 2. The van der Waals surface area contributed by atoms with Crippen LogP contribution in [0.15, 0.2) is 24.3 Å². The van der Waals surface area contributed by atoms with Crippen molar-refractivity contribution in [3.8, 4) is 0 Å². The van der Waals surface area contributed by atoms with Crippen molar-refractivity contribution in [3.05, 3.63) is 35.7 Å². The Morgan fingerprint density at radius 3 is 2.90 bits per heavy atom. The van der Waals surface area contributed by atoms with Gasteiger partial charge in [0.25, 0.3) is 0 Å². The lowest BCUT2D eigenvalue weighted by atomic mass is 10.1. The van der Waals surface area contributed by atoms with Crippen LogP contribution in [-0.2, 0) is 4.74 Å². The fourth-order valence-corrected chi connectivity index (χ4v) is 2.39. The zero-order valence-electron chi connectivity index (χ0n) is 11.4. The first kappa shape index (κ1) is 12.5. The standard InChI is InChI=1S/C15H15N3O2/c1-3-20-15(19)13-7-11-10-5-4-9(16)6-12(10)18-14(11)8(2)17-13/h4-7,18H,3,16H2,1-2H3. The number of nitrogens with zero attached hydrogens (tertiary/aromatic N) is 1. The fourth-order valence-electron chi connectivity index (χ4n) is 2.39. The molecule has 0 saturated carbocycles. The van der Waals surface area contributed by atoms with E-state index in [1.807, 2.05) is 25.1 Å². The van der Waals surface area contributed by atoms with Gasteiger partial charge in [0.2, 0.25) is 0 Å². The quantitative estimate of drug-likeness (QED) is 0.553. The molecular weight excluding hydrogens is 254 g/mol. The molecule has 0 aliphatic carbocycles. The number of anilines is 1. The Morgan fingerprint density at radius 1 is 1.35 bits per heavy atom. The summed E-state index contributed by atoms with van der Waals surface area (Å²) in [5.41, 5.74) is 9.43. The summed E-state index contributed by atoms with van der Waals surface area (Å²) in [6.07, 6.45) is 0. The number of rotatable bonds is 2. The molecule has 0 aliphatic rings. The minimum absolute atomic E-state index is 0.328. The topological polar surface area (TPSA) is 81.0 Å². The van der Waals surface area contributed by atoms with Crippen LogP contribution in [0.25, 0.3) is 21.8 Å². The molecule has 1 aromatic carbocycles. The minimum Gasteiger partial charge on any atom is -0.461 e. The zero-order valence-corrected chi connectivity index (χ0v) is 11.4. The van der Waals surface area contributed by atoms with E-state index in [-0.39, 0.29) is 0 Å². The highest BCUT2D eigenvalue weighted by atomic mass is 16.5. The van der Waals surface area contributed by atoms with E-state index < -0.39 is 5.97 Å². The number of benzene rings is 1. The van der Waals surface area contributed by atoms with Crippen LogP contribution in [0.2, 0.25) is 0 Å². The molecule has 0 atom stereocenters. The van der Waals surface area contributed by atoms with Gasteiger partial charge in [-0.05, 0) is 32.0 Å². The highest BCUT2D eigenvalue weighted by Gasteiger charge is 2.14. The summed E-state index contributed by atoms with van der Waals surface area (Å²) >= 11 is 0. The lowest BCUT2D eigenvalue weighted by molar-refractivity contribution is 0.0519. The van der Waals surface area contributed by atoms with Gasteiger partial charge >= 0.3 is 5.97 Å². The number of carbonyl (C=O) groups is 1. The van der Waals surface area contributed by atoms with Crippen LogP contribution in [0.3, 0.4) is 0 Å². The predicted molar refractivity (Wildman–Crippen MR) is 78.7 cm³/mol. The van der Waals surface area contributed by atoms with Crippen molar-refractivity contribution in [1.82, 2.24) is 9.97 Å². The summed E-state index contributed by atoms with van der Waals surface area (Å²) in [5.74, 6) is -0.401. The predicted octanol–water partition coefficient (Wildman–Crippen LogP) is 2.78. The third-order valence-electron chi connectivity index (χ3n) is 3.28. The largest absolute Gasteiger partial charge is 0.461 e. The van der Waals surface area contributed by atoms with Gasteiger partial charge in [-0.15, -0.1) is 0 Å². The van der Waals surface area contributed by atoms with Crippen LogP contribution in [0.5, 0.6) is 0 Å². The van der Waals surface area contributed by atoms with Crippen LogP contribution in [0, 0.1) is 6.92 Å². The maximum atomic E-state index is 11.8. The molecule has 102 valence electrons. The number of esters is 1. The van der Waals surface area contributed by atoms with E-state index in [9.17, 15) is 4.79 Å². The van der Waals surface area contributed by atoms with Gasteiger partial charge in [0.05, 0.1) is 17.8 Å². The second-order valence-corrected chi connectivity index (χ2v) is 4.67. The van der Waals surface area contributed by atoms with Crippen molar-refractivity contribution in [2.24, 2.45) is 0 Å². The summed E-state index contributed by atoms with van der Waals surface area (Å²) in [6.45, 7) is 3.98. The van der Waals surface area contributed by atoms with Crippen LogP contribution in [0.4, 0.5) is 5.69 Å². The molecule has 2 aromatic heterocycles. The zero-order chi connectivity index (χ0) is 14.3. The number of nitrogens with two attached hydrogens (primary N) is 1. The molecule has 3 N–H and O–H groups in total. The number of H-pyrrole nitrogens is 1. The van der Waals surface area contributed by atoms with E-state index in [4.69, 9.17) is 10.5 Å². The van der Waals surface area contributed by atoms with Crippen molar-refractivity contribution in [2.45, 2.75) is 13.8 Å². The number of carbonyl (C=O) groups excluding carboxylic acids is 1. The monoisotopic (exact) mass is 269 g/mol. The molecule has 2 heterocycles. The number of aryl methyl sites for hydroxylation is 1. The molecule has 0 spiro atoms. The second-order valence-electron chi connectivity index (χ2n) is 4.67. The summed E-state index contributed by atoms with van der Waals surface area (Å²) in [7, 11) is 0. The molecule has 0 fully saturated rings. The van der Waals surface area contributed by atoms with E-state index in [2.05, 4.69) is 9.97 Å². The molecule has 5 heteroatoms. The SMILES string of the molecule is CCOC(=O)c1cc2c([nH]c3cc(N)ccc32)c(C)n1. The smallest absolute Gasteiger partial charge is 0.356 e. The van der Waals surface area contributed by atoms with Crippen LogP contribution < -0.4 is 5.73 Å². The Morgan fingerprint density at radius 2 is 2.15 bits per heavy atom. The van der Waals surface area contributed by atoms with Gasteiger partial charge < -0.3 is 15.5 Å². The number of hydrogen-bond acceptors (Lipinski definition) is 4. The molecule has 0 bridgehead atoms. The third kappa shape index (κ3) is 1.87. The second kappa shape index (κ2) is 4.52. The first-order chi connectivity index (χ1) is 9.60. The van der Waals surface area contributed by atoms with Crippen molar-refractivity contribution >= 4 is 33.5 Å². The highest BCUT2D eigenvalue weighted by molar-refractivity contribution is 6.10. The van der Waals surface area contributed by atoms with E-state index in [1.165, 1.54) is 0 Å². The van der Waals surface area contributed by atoms with Gasteiger partial charge in [0.15, 0.2) is 0 Å². The van der Waals surface area contributed by atoms with Crippen molar-refractivity contribution < 1.29 is 9.53 Å². The van der Waals surface area contributed by atoms with Gasteiger partial charge in [0, 0.05) is 22.0 Å². The fraction of sp³-hybridized carbons (Fsp3) is 0.200. The average Bonchev–Trinajstić information content (AvgIpc) is 2.77. The van der Waals surface area contributed by atoms with E-state index in [0.29, 0.717) is 18.0 Å². The van der Waals surface area contributed by atoms with E-state index in [1.54, 1.807) is 13.0 Å². The molecule has 0 unspecified atom stereocenters. The average molecular weight is 269 g/mol. The van der Waals surface area contributed by atoms with Crippen LogP contribution >= 0.6 is 0 Å². The van der Waals surface area contributed by atoms with Gasteiger partial charge in [0.1, 0.15) is 5.69 Å². The van der Waals surface area contributed by atoms with Crippen LogP contribution in [0.1, 0.15) is 23.1 Å². The summed E-state index contributed by atoms with van der Waals surface area (Å²) < 4.78 is 5.01. The normalized spacial score (nSPS) is 11.1.